The molecule has 1 unspecified atom stereocenters. The lowest BCUT2D eigenvalue weighted by atomic mass is 10.2. The summed E-state index contributed by atoms with van der Waals surface area (Å²) in [5, 5.41) is 8.85. The van der Waals surface area contributed by atoms with Gasteiger partial charge >= 0.3 is 0 Å². The largest absolute Gasteiger partial charge is 0.481 e. The van der Waals surface area contributed by atoms with Gasteiger partial charge in [-0.25, -0.2) is 0 Å². The number of nitriles is 1. The van der Waals surface area contributed by atoms with Crippen molar-refractivity contribution in [2.45, 2.75) is 26.0 Å². The van der Waals surface area contributed by atoms with Crippen molar-refractivity contribution >= 4 is 5.91 Å². The van der Waals surface area contributed by atoms with Gasteiger partial charge in [0, 0.05) is 32.7 Å². The first-order chi connectivity index (χ1) is 13.2. The fourth-order valence-corrected chi connectivity index (χ4v) is 3.31. The number of rotatable bonds is 5. The van der Waals surface area contributed by atoms with E-state index in [0.717, 1.165) is 32.6 Å². The van der Waals surface area contributed by atoms with Crippen molar-refractivity contribution in [3.05, 3.63) is 65.7 Å². The lowest BCUT2D eigenvalue weighted by Crippen LogP contribution is -2.42. The number of hydrogen-bond acceptors (Lipinski definition) is 4. The van der Waals surface area contributed by atoms with Crippen LogP contribution in [-0.4, -0.2) is 48.0 Å². The van der Waals surface area contributed by atoms with Crippen LogP contribution < -0.4 is 4.74 Å². The van der Waals surface area contributed by atoms with Crippen LogP contribution in [0, 0.1) is 11.3 Å². The Balaban J connectivity index is 1.52. The van der Waals surface area contributed by atoms with Crippen molar-refractivity contribution in [1.82, 2.24) is 9.80 Å². The summed E-state index contributed by atoms with van der Waals surface area (Å²) in [7, 11) is 0. The van der Waals surface area contributed by atoms with Gasteiger partial charge in [-0.15, -0.1) is 0 Å². The molecule has 1 heterocycles. The van der Waals surface area contributed by atoms with Gasteiger partial charge in [-0.05, 0) is 43.2 Å². The third-order valence-electron chi connectivity index (χ3n) is 4.79. The van der Waals surface area contributed by atoms with Crippen LogP contribution in [0.15, 0.2) is 54.6 Å². The molecular formula is C22H25N3O2. The van der Waals surface area contributed by atoms with E-state index in [1.54, 1.807) is 31.2 Å². The van der Waals surface area contributed by atoms with Crippen molar-refractivity contribution < 1.29 is 9.53 Å². The number of carbonyl (C=O) groups is 1. The molecule has 1 saturated heterocycles. The lowest BCUT2D eigenvalue weighted by Gasteiger charge is -2.25. The number of nitrogens with zero attached hydrogens (tertiary/aromatic N) is 3. The Morgan fingerprint density at radius 3 is 2.52 bits per heavy atom. The quantitative estimate of drug-likeness (QED) is 0.819. The van der Waals surface area contributed by atoms with Gasteiger partial charge in [-0.3, -0.25) is 9.69 Å². The van der Waals surface area contributed by atoms with Gasteiger partial charge in [0.1, 0.15) is 5.75 Å². The highest BCUT2D eigenvalue weighted by Crippen LogP contribution is 2.15. The summed E-state index contributed by atoms with van der Waals surface area (Å²) in [6.07, 6.45) is 0.418. The molecule has 2 aromatic carbocycles. The fraction of sp³-hybridized carbons (Fsp3) is 0.364. The first kappa shape index (κ1) is 18.9. The Morgan fingerprint density at radius 2 is 1.81 bits per heavy atom. The van der Waals surface area contributed by atoms with E-state index in [4.69, 9.17) is 10.00 Å². The molecule has 2 aromatic rings. The molecule has 1 aliphatic rings. The minimum absolute atomic E-state index is 0.0147. The molecule has 0 saturated carbocycles. The summed E-state index contributed by atoms with van der Waals surface area (Å²) in [5.41, 5.74) is 1.88. The Kier molecular flexibility index (Phi) is 6.45. The first-order valence-electron chi connectivity index (χ1n) is 9.37. The normalized spacial score (nSPS) is 16.2. The van der Waals surface area contributed by atoms with Crippen LogP contribution in [0.3, 0.4) is 0 Å². The maximum Gasteiger partial charge on any atom is 0.263 e. The van der Waals surface area contributed by atoms with E-state index >= 15 is 0 Å². The van der Waals surface area contributed by atoms with E-state index in [-0.39, 0.29) is 5.91 Å². The maximum atomic E-state index is 12.8. The third kappa shape index (κ3) is 5.32. The van der Waals surface area contributed by atoms with Crippen molar-refractivity contribution in [3.63, 3.8) is 0 Å². The van der Waals surface area contributed by atoms with Crippen LogP contribution >= 0.6 is 0 Å². The number of ether oxygens (including phenoxy) is 1. The molecule has 27 heavy (non-hydrogen) atoms. The van der Waals surface area contributed by atoms with Gasteiger partial charge in [-0.2, -0.15) is 5.26 Å². The predicted octanol–water partition coefficient (Wildman–Crippen LogP) is 3.06. The van der Waals surface area contributed by atoms with Crippen LogP contribution in [0.25, 0.3) is 0 Å². The third-order valence-corrected chi connectivity index (χ3v) is 4.79. The Bertz CT molecular complexity index is 783. The minimum Gasteiger partial charge on any atom is -0.481 e. The number of amides is 1. The molecule has 1 amide bonds. The summed E-state index contributed by atoms with van der Waals surface area (Å²) in [4.78, 5) is 17.1. The van der Waals surface area contributed by atoms with Crippen molar-refractivity contribution in [2.75, 3.05) is 26.2 Å². The lowest BCUT2D eigenvalue weighted by molar-refractivity contribution is -0.137. The highest BCUT2D eigenvalue weighted by Gasteiger charge is 2.24. The molecule has 3 rings (SSSR count). The van der Waals surface area contributed by atoms with E-state index in [0.29, 0.717) is 17.9 Å². The Labute approximate surface area is 160 Å². The van der Waals surface area contributed by atoms with Crippen LogP contribution in [0.4, 0.5) is 0 Å². The summed E-state index contributed by atoms with van der Waals surface area (Å²) in [6.45, 7) is 6.03. The molecule has 0 N–H and O–H groups in total. The standard InChI is InChI=1S/C22H25N3O2/c1-18(27-21-10-8-19(16-23)9-11-21)22(26)25-13-5-12-24(14-15-25)17-20-6-3-2-4-7-20/h2-4,6-11,18H,5,12-15,17H2,1H3. The second-order valence-corrected chi connectivity index (χ2v) is 6.84. The highest BCUT2D eigenvalue weighted by molar-refractivity contribution is 5.81. The first-order valence-corrected chi connectivity index (χ1v) is 9.37. The predicted molar refractivity (Wildman–Crippen MR) is 104 cm³/mol. The van der Waals surface area contributed by atoms with Crippen LogP contribution in [0.5, 0.6) is 5.75 Å². The molecule has 1 atom stereocenters. The summed E-state index contributed by atoms with van der Waals surface area (Å²) < 4.78 is 5.78. The summed E-state index contributed by atoms with van der Waals surface area (Å²) >= 11 is 0. The van der Waals surface area contributed by atoms with Crippen LogP contribution in [-0.2, 0) is 11.3 Å². The second kappa shape index (κ2) is 9.20. The van der Waals surface area contributed by atoms with E-state index in [2.05, 4.69) is 35.2 Å². The maximum absolute atomic E-state index is 12.8. The average Bonchev–Trinajstić information content (AvgIpc) is 2.94. The van der Waals surface area contributed by atoms with E-state index in [1.807, 2.05) is 11.0 Å². The molecule has 1 aliphatic heterocycles. The molecule has 0 spiro atoms. The van der Waals surface area contributed by atoms with Crippen molar-refractivity contribution in [2.24, 2.45) is 0 Å². The monoisotopic (exact) mass is 363 g/mol. The SMILES string of the molecule is CC(Oc1ccc(C#N)cc1)C(=O)N1CCCN(Cc2ccccc2)CC1. The zero-order valence-corrected chi connectivity index (χ0v) is 15.7. The molecule has 1 fully saturated rings. The smallest absolute Gasteiger partial charge is 0.263 e. The van der Waals surface area contributed by atoms with Gasteiger partial charge in [0.25, 0.3) is 5.91 Å². The Hall–Kier alpha value is -2.84. The molecule has 5 nitrogen and oxygen atoms in total. The minimum atomic E-state index is -0.543. The van der Waals surface area contributed by atoms with Crippen LogP contribution in [0.1, 0.15) is 24.5 Å². The zero-order valence-electron chi connectivity index (χ0n) is 15.7. The molecule has 0 bridgehead atoms. The van der Waals surface area contributed by atoms with E-state index in [9.17, 15) is 4.79 Å². The number of benzene rings is 2. The van der Waals surface area contributed by atoms with Gasteiger partial charge in [0.05, 0.1) is 11.6 Å². The summed E-state index contributed by atoms with van der Waals surface area (Å²) in [5.74, 6) is 0.622. The van der Waals surface area contributed by atoms with Crippen molar-refractivity contribution in [1.29, 1.82) is 5.26 Å². The molecule has 0 aliphatic carbocycles. The number of carbonyl (C=O) groups excluding carboxylic acids is 1. The topological polar surface area (TPSA) is 56.6 Å². The van der Waals surface area contributed by atoms with Crippen LogP contribution in [0.2, 0.25) is 0 Å². The molecule has 0 aromatic heterocycles. The summed E-state index contributed by atoms with van der Waals surface area (Å²) in [6, 6.07) is 19.4. The highest BCUT2D eigenvalue weighted by atomic mass is 16.5. The van der Waals surface area contributed by atoms with Gasteiger partial charge in [-0.1, -0.05) is 30.3 Å². The fourth-order valence-electron chi connectivity index (χ4n) is 3.31. The zero-order chi connectivity index (χ0) is 19.1. The molecular weight excluding hydrogens is 338 g/mol. The second-order valence-electron chi connectivity index (χ2n) is 6.84. The number of hydrogen-bond donors (Lipinski definition) is 0. The Morgan fingerprint density at radius 1 is 1.07 bits per heavy atom. The van der Waals surface area contributed by atoms with Gasteiger partial charge in [0.2, 0.25) is 0 Å². The molecule has 140 valence electrons. The average molecular weight is 363 g/mol. The van der Waals surface area contributed by atoms with Gasteiger partial charge < -0.3 is 9.64 Å². The van der Waals surface area contributed by atoms with E-state index in [1.165, 1.54) is 5.56 Å². The van der Waals surface area contributed by atoms with E-state index < -0.39 is 6.10 Å². The van der Waals surface area contributed by atoms with Crippen molar-refractivity contribution in [3.8, 4) is 11.8 Å². The molecule has 5 heteroatoms. The molecule has 0 radical (unpaired) electrons. The van der Waals surface area contributed by atoms with Gasteiger partial charge in [0.15, 0.2) is 6.10 Å².